The van der Waals surface area contributed by atoms with Gasteiger partial charge in [0.2, 0.25) is 10.0 Å². The van der Waals surface area contributed by atoms with E-state index in [2.05, 4.69) is 9.46 Å². The van der Waals surface area contributed by atoms with Gasteiger partial charge in [-0.1, -0.05) is 42.5 Å². The van der Waals surface area contributed by atoms with Crippen molar-refractivity contribution < 1.29 is 32.2 Å². The van der Waals surface area contributed by atoms with Crippen molar-refractivity contribution in [1.29, 1.82) is 0 Å². The maximum atomic E-state index is 13.0. The number of nitrogens with zero attached hydrogens (tertiary/aromatic N) is 1. The Balaban J connectivity index is 1.89. The number of hydrogen-bond donors (Lipinski definition) is 1. The molecule has 2 atom stereocenters. The third-order valence-electron chi connectivity index (χ3n) is 6.03. The Hall–Kier alpha value is -3.11. The lowest BCUT2D eigenvalue weighted by Crippen LogP contribution is -2.49. The highest BCUT2D eigenvalue weighted by molar-refractivity contribution is 7.89. The molecule has 1 amide bonds. The van der Waals surface area contributed by atoms with E-state index in [1.807, 2.05) is 42.5 Å². The minimum Gasteiger partial charge on any atom is -0.481 e. The third kappa shape index (κ3) is 7.93. The lowest BCUT2D eigenvalue weighted by molar-refractivity contribution is -0.142. The Morgan fingerprint density at radius 3 is 2.51 bits per heavy atom. The molecular weight excluding hydrogens is 496 g/mol. The van der Waals surface area contributed by atoms with Gasteiger partial charge in [-0.2, -0.15) is 0 Å². The van der Waals surface area contributed by atoms with Gasteiger partial charge in [-0.3, -0.25) is 0 Å². The molecule has 1 heterocycles. The van der Waals surface area contributed by atoms with Gasteiger partial charge in [0.15, 0.2) is 6.61 Å². The van der Waals surface area contributed by atoms with Crippen LogP contribution in [0.5, 0.6) is 5.75 Å². The minimum absolute atomic E-state index is 0.0412. The molecule has 0 spiro atoms. The highest BCUT2D eigenvalue weighted by Gasteiger charge is 2.40. The molecule has 9 nitrogen and oxygen atoms in total. The first-order valence-electron chi connectivity index (χ1n) is 12.3. The van der Waals surface area contributed by atoms with E-state index in [1.165, 1.54) is 7.11 Å². The summed E-state index contributed by atoms with van der Waals surface area (Å²) in [5.74, 6) is 0.0167. The van der Waals surface area contributed by atoms with Crippen molar-refractivity contribution in [3.63, 3.8) is 0 Å². The molecule has 202 valence electrons. The van der Waals surface area contributed by atoms with Crippen molar-refractivity contribution in [3.05, 3.63) is 54.1 Å². The summed E-state index contributed by atoms with van der Waals surface area (Å²) < 4.78 is 43.5. The number of rotatable bonds is 9. The van der Waals surface area contributed by atoms with Crippen molar-refractivity contribution in [2.24, 2.45) is 0 Å². The number of amides is 1. The average Bonchev–Trinajstić information content (AvgIpc) is 3.23. The van der Waals surface area contributed by atoms with Gasteiger partial charge in [0, 0.05) is 18.2 Å². The normalized spacial score (nSPS) is 17.9. The zero-order valence-corrected chi connectivity index (χ0v) is 22.8. The van der Waals surface area contributed by atoms with Crippen LogP contribution >= 0.6 is 0 Å². The summed E-state index contributed by atoms with van der Waals surface area (Å²) in [6.07, 6.45) is 0.454. The van der Waals surface area contributed by atoms with E-state index >= 15 is 0 Å². The molecule has 0 bridgehead atoms. The first-order chi connectivity index (χ1) is 17.4. The fraction of sp³-hybridized carbons (Fsp3) is 0.481. The lowest BCUT2D eigenvalue weighted by Gasteiger charge is -2.31. The van der Waals surface area contributed by atoms with Crippen LogP contribution in [0, 0.1) is 0 Å². The quantitative estimate of drug-likeness (QED) is 0.490. The van der Waals surface area contributed by atoms with Gasteiger partial charge in [-0.15, -0.1) is 0 Å². The van der Waals surface area contributed by atoms with Crippen LogP contribution in [0.4, 0.5) is 4.79 Å². The first kappa shape index (κ1) is 28.5. The Bertz CT molecular complexity index is 1210. The molecule has 0 radical (unpaired) electrons. The number of likely N-dealkylation sites (tertiary alicyclic amines) is 1. The van der Waals surface area contributed by atoms with Crippen molar-refractivity contribution in [3.8, 4) is 16.9 Å². The SMILES string of the molecule is CCS(=O)(=O)NC1CCN(C(=O)OC(C)(C)C)C1Cc1cccc(-c2ccccc2OCC(=O)OC)c1. The van der Waals surface area contributed by atoms with Crippen LogP contribution in [0.2, 0.25) is 0 Å². The Kier molecular flexibility index (Phi) is 9.20. The van der Waals surface area contributed by atoms with Gasteiger partial charge in [0.1, 0.15) is 11.4 Å². The molecule has 0 aliphatic carbocycles. The maximum Gasteiger partial charge on any atom is 0.410 e. The zero-order valence-electron chi connectivity index (χ0n) is 22.0. The Morgan fingerprint density at radius 1 is 1.11 bits per heavy atom. The highest BCUT2D eigenvalue weighted by Crippen LogP contribution is 2.32. The molecule has 0 aromatic heterocycles. The van der Waals surface area contributed by atoms with Crippen molar-refractivity contribution in [1.82, 2.24) is 9.62 Å². The lowest BCUT2D eigenvalue weighted by atomic mass is 9.96. The average molecular weight is 533 g/mol. The summed E-state index contributed by atoms with van der Waals surface area (Å²) in [7, 11) is -2.16. The van der Waals surface area contributed by atoms with Crippen molar-refractivity contribution in [2.45, 2.75) is 58.2 Å². The van der Waals surface area contributed by atoms with Crippen LogP contribution in [0.3, 0.4) is 0 Å². The summed E-state index contributed by atoms with van der Waals surface area (Å²) in [5, 5.41) is 0. The second-order valence-corrected chi connectivity index (χ2v) is 12.0. The zero-order chi connectivity index (χ0) is 27.2. The molecule has 2 aromatic carbocycles. The molecule has 2 unspecified atom stereocenters. The molecule has 1 saturated heterocycles. The summed E-state index contributed by atoms with van der Waals surface area (Å²) >= 11 is 0. The van der Waals surface area contributed by atoms with Gasteiger partial charge in [-0.25, -0.2) is 22.7 Å². The van der Waals surface area contributed by atoms with Crippen molar-refractivity contribution >= 4 is 22.1 Å². The topological polar surface area (TPSA) is 111 Å². The molecule has 1 N–H and O–H groups in total. The van der Waals surface area contributed by atoms with E-state index in [-0.39, 0.29) is 12.4 Å². The van der Waals surface area contributed by atoms with E-state index in [9.17, 15) is 18.0 Å². The van der Waals surface area contributed by atoms with E-state index in [1.54, 1.807) is 38.7 Å². The molecule has 1 aliphatic rings. The van der Waals surface area contributed by atoms with Crippen LogP contribution < -0.4 is 9.46 Å². The number of carbonyl (C=O) groups is 2. The van der Waals surface area contributed by atoms with E-state index < -0.39 is 39.8 Å². The number of carbonyl (C=O) groups excluding carboxylic acids is 2. The first-order valence-corrected chi connectivity index (χ1v) is 13.9. The second kappa shape index (κ2) is 12.0. The van der Waals surface area contributed by atoms with Crippen LogP contribution in [-0.2, 0) is 30.7 Å². The standard InChI is InChI=1S/C27H36N2O7S/c1-6-37(32,33)28-22-14-15-29(26(31)36-27(2,3)4)23(22)17-19-10-9-11-20(16-19)21-12-7-8-13-24(21)35-18-25(30)34-5/h7-13,16,22-23,28H,6,14-15,17-18H2,1-5H3. The number of benzene rings is 2. The van der Waals surface area contributed by atoms with Gasteiger partial charge in [0.05, 0.1) is 18.9 Å². The van der Waals surface area contributed by atoms with Crippen LogP contribution in [0.25, 0.3) is 11.1 Å². The summed E-state index contributed by atoms with van der Waals surface area (Å²) in [6.45, 7) is 7.17. The van der Waals surface area contributed by atoms with E-state index in [0.717, 1.165) is 16.7 Å². The summed E-state index contributed by atoms with van der Waals surface area (Å²) in [5.41, 5.74) is 1.91. The molecule has 2 aromatic rings. The third-order valence-corrected chi connectivity index (χ3v) is 7.45. The fourth-order valence-electron chi connectivity index (χ4n) is 4.24. The number of para-hydroxylation sites is 1. The maximum absolute atomic E-state index is 13.0. The summed E-state index contributed by atoms with van der Waals surface area (Å²) in [4.78, 5) is 26.2. The number of methoxy groups -OCH3 is 1. The van der Waals surface area contributed by atoms with Gasteiger partial charge < -0.3 is 19.1 Å². The molecule has 0 saturated carbocycles. The van der Waals surface area contributed by atoms with E-state index in [0.29, 0.717) is 25.1 Å². The Labute approximate surface area is 219 Å². The molecule has 1 aliphatic heterocycles. The minimum atomic E-state index is -3.47. The smallest absolute Gasteiger partial charge is 0.410 e. The largest absolute Gasteiger partial charge is 0.481 e. The molecule has 10 heteroatoms. The van der Waals surface area contributed by atoms with Crippen molar-refractivity contribution in [2.75, 3.05) is 26.0 Å². The predicted molar refractivity (Wildman–Crippen MR) is 141 cm³/mol. The number of ether oxygens (including phenoxy) is 3. The highest BCUT2D eigenvalue weighted by atomic mass is 32.2. The monoisotopic (exact) mass is 532 g/mol. The molecule has 1 fully saturated rings. The number of hydrogen-bond acceptors (Lipinski definition) is 7. The molecular formula is C27H36N2O7S. The number of esters is 1. The van der Waals surface area contributed by atoms with E-state index in [4.69, 9.17) is 9.47 Å². The predicted octanol–water partition coefficient (Wildman–Crippen LogP) is 3.77. The summed E-state index contributed by atoms with van der Waals surface area (Å²) in [6, 6.07) is 14.3. The number of nitrogens with one attached hydrogen (secondary N) is 1. The van der Waals surface area contributed by atoms with Gasteiger partial charge in [0.25, 0.3) is 0 Å². The van der Waals surface area contributed by atoms with Crippen LogP contribution in [-0.4, -0.2) is 69.1 Å². The second-order valence-electron chi connectivity index (χ2n) is 9.92. The van der Waals surface area contributed by atoms with Crippen LogP contribution in [0.15, 0.2) is 48.5 Å². The number of sulfonamides is 1. The Morgan fingerprint density at radius 2 is 1.84 bits per heavy atom. The molecule has 37 heavy (non-hydrogen) atoms. The fourth-order valence-corrected chi connectivity index (χ4v) is 5.14. The molecule has 3 rings (SSSR count). The van der Waals surface area contributed by atoms with Crippen LogP contribution in [0.1, 0.15) is 39.7 Å². The van der Waals surface area contributed by atoms with Gasteiger partial charge >= 0.3 is 12.1 Å². The van der Waals surface area contributed by atoms with Gasteiger partial charge in [-0.05, 0) is 57.7 Å².